The average molecular weight is 274 g/mol. The van der Waals surface area contributed by atoms with Crippen LogP contribution in [0, 0.1) is 21.4 Å². The fourth-order valence-electron chi connectivity index (χ4n) is 2.71. The van der Waals surface area contributed by atoms with E-state index in [1.165, 1.54) is 12.1 Å². The summed E-state index contributed by atoms with van der Waals surface area (Å²) in [6.45, 7) is 4.92. The van der Waals surface area contributed by atoms with Gasteiger partial charge >= 0.3 is 0 Å². The van der Waals surface area contributed by atoms with Crippen molar-refractivity contribution >= 4 is 11.4 Å². The smallest absolute Gasteiger partial charge is 0.270 e. The molecule has 1 saturated heterocycles. The van der Waals surface area contributed by atoms with Gasteiger partial charge in [0.15, 0.2) is 0 Å². The molecular weight excluding hydrogens is 256 g/mol. The summed E-state index contributed by atoms with van der Waals surface area (Å²) >= 11 is 0. The molecule has 0 aliphatic carbocycles. The topological polar surface area (TPSA) is 73.4 Å². The van der Waals surface area contributed by atoms with E-state index in [1.807, 2.05) is 0 Å². The molecule has 1 heterocycles. The number of benzene rings is 1. The van der Waals surface area contributed by atoms with Crippen LogP contribution in [-0.4, -0.2) is 42.5 Å². The Morgan fingerprint density at radius 2 is 2.20 bits per heavy atom. The molecule has 1 aliphatic rings. The van der Waals surface area contributed by atoms with Crippen LogP contribution in [0.15, 0.2) is 18.2 Å². The van der Waals surface area contributed by atoms with Crippen molar-refractivity contribution < 1.29 is 4.92 Å². The summed E-state index contributed by atoms with van der Waals surface area (Å²) in [5, 5.41) is 20.0. The lowest BCUT2D eigenvalue weighted by Crippen LogP contribution is -2.38. The molecule has 2 rings (SSSR count). The maximum atomic E-state index is 10.8. The number of nitriles is 1. The van der Waals surface area contributed by atoms with Gasteiger partial charge in [0, 0.05) is 31.3 Å². The van der Waals surface area contributed by atoms with E-state index >= 15 is 0 Å². The molecule has 0 N–H and O–H groups in total. The minimum atomic E-state index is -0.468. The zero-order valence-corrected chi connectivity index (χ0v) is 11.7. The van der Waals surface area contributed by atoms with E-state index in [0.29, 0.717) is 5.56 Å². The highest BCUT2D eigenvalue weighted by Gasteiger charge is 2.23. The van der Waals surface area contributed by atoms with Crippen LogP contribution in [0.3, 0.4) is 0 Å². The zero-order valence-electron chi connectivity index (χ0n) is 11.7. The predicted molar refractivity (Wildman–Crippen MR) is 76.7 cm³/mol. The van der Waals surface area contributed by atoms with Crippen LogP contribution in [-0.2, 0) is 0 Å². The third kappa shape index (κ3) is 2.89. The van der Waals surface area contributed by atoms with Crippen molar-refractivity contribution in [1.29, 1.82) is 5.26 Å². The molecule has 0 radical (unpaired) electrons. The summed E-state index contributed by atoms with van der Waals surface area (Å²) in [5.41, 5.74) is 1.13. The second kappa shape index (κ2) is 5.88. The van der Waals surface area contributed by atoms with Crippen molar-refractivity contribution in [3.05, 3.63) is 33.9 Å². The van der Waals surface area contributed by atoms with Crippen LogP contribution in [0.25, 0.3) is 0 Å². The van der Waals surface area contributed by atoms with Gasteiger partial charge in [-0.1, -0.05) is 0 Å². The lowest BCUT2D eigenvalue weighted by Gasteiger charge is -2.30. The molecule has 0 aromatic heterocycles. The van der Waals surface area contributed by atoms with Gasteiger partial charge in [-0.05, 0) is 33.0 Å². The summed E-state index contributed by atoms with van der Waals surface area (Å²) in [6, 6.07) is 6.88. The number of nitro groups is 1. The van der Waals surface area contributed by atoms with Gasteiger partial charge in [0.2, 0.25) is 0 Å². The highest BCUT2D eigenvalue weighted by Crippen LogP contribution is 2.27. The molecule has 20 heavy (non-hydrogen) atoms. The molecule has 1 aromatic carbocycles. The van der Waals surface area contributed by atoms with Crippen LogP contribution < -0.4 is 4.90 Å². The third-order valence-electron chi connectivity index (χ3n) is 3.67. The van der Waals surface area contributed by atoms with Gasteiger partial charge in [0.25, 0.3) is 5.69 Å². The summed E-state index contributed by atoms with van der Waals surface area (Å²) in [7, 11) is 2.08. The van der Waals surface area contributed by atoms with E-state index < -0.39 is 4.92 Å². The Balaban J connectivity index is 2.36. The van der Waals surface area contributed by atoms with Crippen LogP contribution >= 0.6 is 0 Å². The van der Waals surface area contributed by atoms with E-state index in [9.17, 15) is 15.4 Å². The minimum absolute atomic E-state index is 0.0371. The Kier molecular flexibility index (Phi) is 4.20. The Bertz CT molecular complexity index is 553. The Morgan fingerprint density at radius 1 is 1.45 bits per heavy atom. The molecule has 1 atom stereocenters. The molecule has 1 unspecified atom stereocenters. The summed E-state index contributed by atoms with van der Waals surface area (Å²) < 4.78 is 0. The zero-order chi connectivity index (χ0) is 14.7. The number of hydrogen-bond donors (Lipinski definition) is 0. The molecule has 1 aromatic rings. The lowest BCUT2D eigenvalue weighted by atomic mass is 10.1. The first-order valence-electron chi connectivity index (χ1n) is 6.66. The largest absolute Gasteiger partial charge is 0.366 e. The van der Waals surface area contributed by atoms with Crippen molar-refractivity contribution in [2.24, 2.45) is 0 Å². The SMILES string of the molecule is CC1CN(C)CCCN1c1ccc([N+](=O)[O-])cc1C#N. The second-order valence-electron chi connectivity index (χ2n) is 5.23. The highest BCUT2D eigenvalue weighted by molar-refractivity contribution is 5.63. The molecule has 0 amide bonds. The molecule has 0 bridgehead atoms. The number of nitrogens with zero attached hydrogens (tertiary/aromatic N) is 4. The first kappa shape index (κ1) is 14.3. The summed E-state index contributed by atoms with van der Waals surface area (Å²) in [6.07, 6.45) is 1.02. The Hall–Kier alpha value is -2.13. The van der Waals surface area contributed by atoms with Gasteiger partial charge in [-0.15, -0.1) is 0 Å². The number of nitro benzene ring substituents is 1. The molecule has 0 spiro atoms. The maximum absolute atomic E-state index is 10.8. The van der Waals surface area contributed by atoms with Crippen molar-refractivity contribution in [2.75, 3.05) is 31.6 Å². The minimum Gasteiger partial charge on any atom is -0.366 e. The van der Waals surface area contributed by atoms with E-state index in [0.717, 1.165) is 31.7 Å². The maximum Gasteiger partial charge on any atom is 0.270 e. The third-order valence-corrected chi connectivity index (χ3v) is 3.67. The summed E-state index contributed by atoms with van der Waals surface area (Å²) in [5.74, 6) is 0. The number of rotatable bonds is 2. The van der Waals surface area contributed by atoms with E-state index in [4.69, 9.17) is 0 Å². The fourth-order valence-corrected chi connectivity index (χ4v) is 2.71. The fraction of sp³-hybridized carbons (Fsp3) is 0.500. The monoisotopic (exact) mass is 274 g/mol. The van der Waals surface area contributed by atoms with Gasteiger partial charge in [0.1, 0.15) is 6.07 Å². The number of non-ortho nitro benzene ring substituents is 1. The van der Waals surface area contributed by atoms with Gasteiger partial charge in [-0.2, -0.15) is 5.26 Å². The van der Waals surface area contributed by atoms with Crippen LogP contribution in [0.5, 0.6) is 0 Å². The number of anilines is 1. The highest BCUT2D eigenvalue weighted by atomic mass is 16.6. The van der Waals surface area contributed by atoms with Crippen LogP contribution in [0.1, 0.15) is 18.9 Å². The van der Waals surface area contributed by atoms with E-state index in [-0.39, 0.29) is 11.7 Å². The van der Waals surface area contributed by atoms with Crippen molar-refractivity contribution in [3.63, 3.8) is 0 Å². The van der Waals surface area contributed by atoms with Crippen molar-refractivity contribution in [1.82, 2.24) is 4.90 Å². The van der Waals surface area contributed by atoms with Gasteiger partial charge < -0.3 is 9.80 Å². The van der Waals surface area contributed by atoms with Crippen molar-refractivity contribution in [3.8, 4) is 6.07 Å². The van der Waals surface area contributed by atoms with Crippen LogP contribution in [0.4, 0.5) is 11.4 Å². The van der Waals surface area contributed by atoms with Gasteiger partial charge in [0.05, 0.1) is 16.2 Å². The number of likely N-dealkylation sites (N-methyl/N-ethyl adjacent to an activating group) is 1. The molecule has 1 aliphatic heterocycles. The quantitative estimate of drug-likeness (QED) is 0.609. The molecule has 0 saturated carbocycles. The lowest BCUT2D eigenvalue weighted by molar-refractivity contribution is -0.384. The van der Waals surface area contributed by atoms with E-state index in [1.54, 1.807) is 6.07 Å². The second-order valence-corrected chi connectivity index (χ2v) is 5.23. The van der Waals surface area contributed by atoms with Crippen molar-refractivity contribution in [2.45, 2.75) is 19.4 Å². The van der Waals surface area contributed by atoms with E-state index in [2.05, 4.69) is 29.8 Å². The normalized spacial score (nSPS) is 20.2. The molecule has 1 fully saturated rings. The standard InChI is InChI=1S/C14H18N4O2/c1-11-10-16(2)6-3-7-17(11)14-5-4-13(18(19)20)8-12(14)9-15/h4-5,8,11H,3,6-7,10H2,1-2H3. The molecule has 106 valence electrons. The predicted octanol–water partition coefficient (Wildman–Crippen LogP) is 2.00. The summed E-state index contributed by atoms with van der Waals surface area (Å²) in [4.78, 5) is 14.8. The first-order valence-corrected chi connectivity index (χ1v) is 6.66. The number of hydrogen-bond acceptors (Lipinski definition) is 5. The molecule has 6 nitrogen and oxygen atoms in total. The molecular formula is C14H18N4O2. The Morgan fingerprint density at radius 3 is 2.85 bits per heavy atom. The Labute approximate surface area is 118 Å². The van der Waals surface area contributed by atoms with Gasteiger partial charge in [-0.3, -0.25) is 10.1 Å². The first-order chi connectivity index (χ1) is 9.52. The van der Waals surface area contributed by atoms with Crippen LogP contribution in [0.2, 0.25) is 0 Å². The van der Waals surface area contributed by atoms with Gasteiger partial charge in [-0.25, -0.2) is 0 Å². The average Bonchev–Trinajstić information content (AvgIpc) is 2.58. The molecule has 6 heteroatoms.